The molecule has 0 aromatic carbocycles. The maximum Gasteiger partial charge on any atom is 0.410 e. The van der Waals surface area contributed by atoms with Crippen LogP contribution < -0.4 is 0 Å². The molecule has 0 saturated carbocycles. The lowest BCUT2D eigenvalue weighted by Crippen LogP contribution is -2.37. The van der Waals surface area contributed by atoms with Crippen LogP contribution in [-0.4, -0.2) is 53.4 Å². The van der Waals surface area contributed by atoms with Crippen molar-refractivity contribution in [2.75, 3.05) is 20.1 Å². The van der Waals surface area contributed by atoms with Gasteiger partial charge in [-0.25, -0.2) is 9.80 Å². The van der Waals surface area contributed by atoms with Crippen LogP contribution in [0.3, 0.4) is 0 Å². The molecule has 1 aliphatic heterocycles. The molecule has 0 unspecified atom stereocenters. The topological polar surface area (TPSA) is 62.2 Å². The Labute approximate surface area is 133 Å². The molecule has 6 heteroatoms. The number of rotatable bonds is 4. The third-order valence-corrected chi connectivity index (χ3v) is 3.10. The fraction of sp³-hybridized carbons (Fsp3) is 0.812. The van der Waals surface area contributed by atoms with Crippen LogP contribution >= 0.6 is 0 Å². The second kappa shape index (κ2) is 6.67. The van der Waals surface area contributed by atoms with Crippen molar-refractivity contribution in [1.82, 2.24) is 9.91 Å². The quantitative estimate of drug-likeness (QED) is 0.802. The molecule has 0 fully saturated rings. The van der Waals surface area contributed by atoms with Gasteiger partial charge in [0.25, 0.3) is 0 Å². The summed E-state index contributed by atoms with van der Waals surface area (Å²) in [5.41, 5.74) is 0.329. The molecule has 0 atom stereocenters. The van der Waals surface area contributed by atoms with Gasteiger partial charge in [-0.2, -0.15) is 5.10 Å². The Morgan fingerprint density at radius 3 is 2.36 bits per heavy atom. The average molecular weight is 311 g/mol. The minimum absolute atomic E-state index is 0.00293. The van der Waals surface area contributed by atoms with Crippen LogP contribution in [0.5, 0.6) is 0 Å². The van der Waals surface area contributed by atoms with E-state index in [2.05, 4.69) is 25.9 Å². The summed E-state index contributed by atoms with van der Waals surface area (Å²) in [6.07, 6.45) is 0.755. The molecule has 1 heterocycles. The van der Waals surface area contributed by atoms with Crippen LogP contribution in [0.1, 0.15) is 54.4 Å². The van der Waals surface area contributed by atoms with Crippen LogP contribution in [0.25, 0.3) is 0 Å². The van der Waals surface area contributed by atoms with Crippen LogP contribution in [0, 0.1) is 5.41 Å². The summed E-state index contributed by atoms with van der Waals surface area (Å²) in [4.78, 5) is 25.3. The van der Waals surface area contributed by atoms with E-state index in [-0.39, 0.29) is 17.7 Å². The van der Waals surface area contributed by atoms with Gasteiger partial charge in [0, 0.05) is 13.6 Å². The van der Waals surface area contributed by atoms with Crippen molar-refractivity contribution in [2.24, 2.45) is 10.5 Å². The molecule has 1 rings (SSSR count). The largest absolute Gasteiger partial charge is 0.444 e. The summed E-state index contributed by atoms with van der Waals surface area (Å²) in [6.45, 7) is 12.8. The van der Waals surface area contributed by atoms with Gasteiger partial charge < -0.3 is 9.64 Å². The van der Waals surface area contributed by atoms with Gasteiger partial charge in [-0.1, -0.05) is 20.8 Å². The van der Waals surface area contributed by atoms with Crippen LogP contribution in [0.4, 0.5) is 4.79 Å². The molecule has 126 valence electrons. The monoisotopic (exact) mass is 311 g/mol. The molecule has 0 N–H and O–H groups in total. The lowest BCUT2D eigenvalue weighted by molar-refractivity contribution is -0.128. The predicted molar refractivity (Wildman–Crippen MR) is 86.7 cm³/mol. The average Bonchev–Trinajstić information content (AvgIpc) is 2.63. The number of hydrogen-bond donors (Lipinski definition) is 0. The smallest absolute Gasteiger partial charge is 0.410 e. The summed E-state index contributed by atoms with van der Waals surface area (Å²) in [7, 11) is 1.65. The summed E-state index contributed by atoms with van der Waals surface area (Å²) in [5.74, 6) is -0.00293. The molecule has 0 spiro atoms. The number of carbonyl (C=O) groups excluding carboxylic acids is 2. The minimum atomic E-state index is -0.530. The summed E-state index contributed by atoms with van der Waals surface area (Å²) >= 11 is 0. The molecule has 1 aliphatic rings. The summed E-state index contributed by atoms with van der Waals surface area (Å²) < 4.78 is 5.29. The highest BCUT2D eigenvalue weighted by molar-refractivity contribution is 6.06. The maximum atomic E-state index is 12.0. The molecule has 0 radical (unpaired) electrons. The number of ether oxygens (including phenoxy) is 1. The van der Waals surface area contributed by atoms with Gasteiger partial charge in [-0.3, -0.25) is 4.79 Å². The van der Waals surface area contributed by atoms with Gasteiger partial charge in [-0.15, -0.1) is 0 Å². The minimum Gasteiger partial charge on any atom is -0.444 e. The number of amides is 2. The van der Waals surface area contributed by atoms with E-state index >= 15 is 0 Å². The normalized spacial score (nSPS) is 15.9. The Morgan fingerprint density at radius 1 is 1.27 bits per heavy atom. The third kappa shape index (κ3) is 6.45. The first-order valence-corrected chi connectivity index (χ1v) is 7.68. The van der Waals surface area contributed by atoms with Crippen molar-refractivity contribution < 1.29 is 14.3 Å². The zero-order valence-electron chi connectivity index (χ0n) is 14.9. The Kier molecular flexibility index (Phi) is 5.59. The van der Waals surface area contributed by atoms with E-state index in [1.807, 2.05) is 20.8 Å². The fourth-order valence-corrected chi connectivity index (χ4v) is 1.91. The van der Waals surface area contributed by atoms with E-state index in [1.54, 1.807) is 7.05 Å². The predicted octanol–water partition coefficient (Wildman–Crippen LogP) is 2.88. The second-order valence-electron chi connectivity index (χ2n) is 8.01. The van der Waals surface area contributed by atoms with Crippen molar-refractivity contribution >= 4 is 17.7 Å². The molecule has 0 bridgehead atoms. The summed E-state index contributed by atoms with van der Waals surface area (Å²) in [5, 5.41) is 5.86. The molecular formula is C16H29N3O3. The van der Waals surface area contributed by atoms with Gasteiger partial charge in [0.15, 0.2) is 0 Å². The van der Waals surface area contributed by atoms with Crippen molar-refractivity contribution in [3.63, 3.8) is 0 Å². The van der Waals surface area contributed by atoms with E-state index in [0.29, 0.717) is 18.8 Å². The van der Waals surface area contributed by atoms with Crippen LogP contribution in [0.15, 0.2) is 5.10 Å². The van der Waals surface area contributed by atoms with Crippen LogP contribution in [-0.2, 0) is 9.53 Å². The fourth-order valence-electron chi connectivity index (χ4n) is 1.91. The SMILES string of the molecule is CN(CC1=NN(CCC(C)(C)C)C(=O)C1)C(=O)OC(C)(C)C. The first kappa shape index (κ1) is 18.5. The standard InChI is InChI=1S/C16H29N3O3/c1-15(2,3)8-9-19-13(20)10-12(17-19)11-18(7)14(21)22-16(4,5)6/h8-11H2,1-7H3. The lowest BCUT2D eigenvalue weighted by atomic mass is 9.92. The molecule has 22 heavy (non-hydrogen) atoms. The Morgan fingerprint density at radius 2 is 1.86 bits per heavy atom. The zero-order valence-corrected chi connectivity index (χ0v) is 14.9. The van der Waals surface area contributed by atoms with Gasteiger partial charge in [0.1, 0.15) is 5.60 Å². The van der Waals surface area contributed by atoms with E-state index in [9.17, 15) is 9.59 Å². The van der Waals surface area contributed by atoms with Crippen molar-refractivity contribution in [2.45, 2.75) is 60.0 Å². The molecule has 0 aromatic rings. The highest BCUT2D eigenvalue weighted by atomic mass is 16.6. The van der Waals surface area contributed by atoms with Gasteiger partial charge in [0.05, 0.1) is 18.7 Å². The lowest BCUT2D eigenvalue weighted by Gasteiger charge is -2.24. The Balaban J connectivity index is 2.56. The highest BCUT2D eigenvalue weighted by Crippen LogP contribution is 2.21. The number of hydrogen-bond acceptors (Lipinski definition) is 4. The van der Waals surface area contributed by atoms with E-state index in [1.165, 1.54) is 9.91 Å². The van der Waals surface area contributed by atoms with Gasteiger partial charge in [-0.05, 0) is 32.6 Å². The second-order valence-corrected chi connectivity index (χ2v) is 8.01. The Bertz CT molecular complexity index is 458. The van der Waals surface area contributed by atoms with E-state index < -0.39 is 11.7 Å². The molecule has 6 nitrogen and oxygen atoms in total. The number of nitrogens with zero attached hydrogens (tertiary/aromatic N) is 3. The van der Waals surface area contributed by atoms with Crippen molar-refractivity contribution in [1.29, 1.82) is 0 Å². The molecule has 0 aromatic heterocycles. The maximum absolute atomic E-state index is 12.0. The molecule has 0 aliphatic carbocycles. The van der Waals surface area contributed by atoms with E-state index in [0.717, 1.165) is 6.42 Å². The number of hydrazone groups is 1. The van der Waals surface area contributed by atoms with Gasteiger partial charge in [0.2, 0.25) is 5.91 Å². The number of carbonyl (C=O) groups is 2. The molecule has 2 amide bonds. The first-order valence-electron chi connectivity index (χ1n) is 7.68. The van der Waals surface area contributed by atoms with Crippen molar-refractivity contribution in [3.05, 3.63) is 0 Å². The molecular weight excluding hydrogens is 282 g/mol. The van der Waals surface area contributed by atoms with E-state index in [4.69, 9.17) is 4.74 Å². The Hall–Kier alpha value is -1.59. The van der Waals surface area contributed by atoms with Crippen molar-refractivity contribution in [3.8, 4) is 0 Å². The highest BCUT2D eigenvalue weighted by Gasteiger charge is 2.27. The molecule has 0 saturated heterocycles. The van der Waals surface area contributed by atoms with Gasteiger partial charge >= 0.3 is 6.09 Å². The first-order chi connectivity index (χ1) is 9.87. The third-order valence-electron chi connectivity index (χ3n) is 3.10. The summed E-state index contributed by atoms with van der Waals surface area (Å²) in [6, 6.07) is 0. The zero-order chi connectivity index (χ0) is 17.1. The van der Waals surface area contributed by atoms with Crippen LogP contribution in [0.2, 0.25) is 0 Å².